The Balaban J connectivity index is 1.92. The predicted octanol–water partition coefficient (Wildman–Crippen LogP) is 1.84. The lowest BCUT2D eigenvalue weighted by atomic mass is 9.86. The molecule has 5 heteroatoms. The highest BCUT2D eigenvalue weighted by Crippen LogP contribution is 2.24. The zero-order valence-corrected chi connectivity index (χ0v) is 13.4. The Labute approximate surface area is 131 Å². The number of hydrogen-bond donors (Lipinski definition) is 3. The monoisotopic (exact) mass is 308 g/mol. The first-order chi connectivity index (χ1) is 10.2. The van der Waals surface area contributed by atoms with Crippen molar-refractivity contribution in [2.45, 2.75) is 44.4 Å². The van der Waals surface area contributed by atoms with E-state index in [2.05, 4.69) is 31.4 Å². The van der Waals surface area contributed by atoms with Crippen molar-refractivity contribution in [3.05, 3.63) is 35.4 Å². The zero-order chi connectivity index (χ0) is 16.4. The highest BCUT2D eigenvalue weighted by molar-refractivity contribution is 5.85. The molecule has 22 heavy (non-hydrogen) atoms. The maximum atomic E-state index is 14.2. The topological polar surface area (TPSA) is 61.4 Å². The first kappa shape index (κ1) is 16.9. The molecule has 0 bridgehead atoms. The van der Waals surface area contributed by atoms with Crippen LogP contribution >= 0.6 is 0 Å². The zero-order valence-electron chi connectivity index (χ0n) is 13.4. The van der Waals surface area contributed by atoms with Crippen LogP contribution in [-0.2, 0) is 10.2 Å². The minimum atomic E-state index is -1.85. The van der Waals surface area contributed by atoms with E-state index in [1.165, 1.54) is 5.56 Å². The summed E-state index contributed by atoms with van der Waals surface area (Å²) in [5.74, 6) is -0.650. The summed E-state index contributed by atoms with van der Waals surface area (Å²) in [6, 6.07) is 7.63. The van der Waals surface area contributed by atoms with E-state index < -0.39 is 17.7 Å². The lowest BCUT2D eigenvalue weighted by molar-refractivity contribution is -0.132. The fourth-order valence-electron chi connectivity index (χ4n) is 2.53. The first-order valence-electron chi connectivity index (χ1n) is 7.69. The molecule has 1 amide bonds. The molecule has 122 valence electrons. The van der Waals surface area contributed by atoms with E-state index in [-0.39, 0.29) is 24.9 Å². The van der Waals surface area contributed by atoms with Gasteiger partial charge in [-0.2, -0.15) is 0 Å². The van der Waals surface area contributed by atoms with E-state index in [0.717, 1.165) is 0 Å². The average Bonchev–Trinajstić information content (AvgIpc) is 2.91. The molecule has 0 aromatic heterocycles. The van der Waals surface area contributed by atoms with Gasteiger partial charge in [0.05, 0.1) is 6.10 Å². The van der Waals surface area contributed by atoms with Crippen LogP contribution in [0.5, 0.6) is 0 Å². The summed E-state index contributed by atoms with van der Waals surface area (Å²) < 4.78 is 14.2. The Kier molecular flexibility index (Phi) is 4.87. The quantitative estimate of drug-likeness (QED) is 0.795. The normalized spacial score (nSPS) is 23.3. The summed E-state index contributed by atoms with van der Waals surface area (Å²) in [6.45, 7) is 6.91. The largest absolute Gasteiger partial charge is 0.387 e. The van der Waals surface area contributed by atoms with Gasteiger partial charge in [0.25, 0.3) is 5.91 Å². The van der Waals surface area contributed by atoms with Crippen molar-refractivity contribution in [1.29, 1.82) is 0 Å². The van der Waals surface area contributed by atoms with Gasteiger partial charge in [0.2, 0.25) is 5.67 Å². The van der Waals surface area contributed by atoms with Crippen molar-refractivity contribution < 1.29 is 14.3 Å². The number of carbonyl (C=O) groups is 1. The van der Waals surface area contributed by atoms with Crippen molar-refractivity contribution in [2.24, 2.45) is 0 Å². The van der Waals surface area contributed by atoms with Crippen molar-refractivity contribution in [3.63, 3.8) is 0 Å². The Morgan fingerprint density at radius 2 is 2.05 bits per heavy atom. The molecule has 1 heterocycles. The van der Waals surface area contributed by atoms with Crippen LogP contribution in [0.2, 0.25) is 0 Å². The molecule has 1 aromatic carbocycles. The number of amides is 1. The smallest absolute Gasteiger partial charge is 0.259 e. The molecule has 4 nitrogen and oxygen atoms in total. The number of alkyl halides is 1. The minimum absolute atomic E-state index is 0.0133. The Bertz CT molecular complexity index is 516. The average molecular weight is 308 g/mol. The van der Waals surface area contributed by atoms with E-state index in [0.29, 0.717) is 12.1 Å². The van der Waals surface area contributed by atoms with E-state index in [1.54, 1.807) is 0 Å². The van der Waals surface area contributed by atoms with Gasteiger partial charge < -0.3 is 15.7 Å². The second-order valence-corrected chi connectivity index (χ2v) is 6.99. The number of hydrogen-bond acceptors (Lipinski definition) is 3. The van der Waals surface area contributed by atoms with E-state index >= 15 is 0 Å². The van der Waals surface area contributed by atoms with Crippen LogP contribution in [0.15, 0.2) is 24.3 Å². The number of carbonyl (C=O) groups excluding carboxylic acids is 1. The molecule has 0 aliphatic carbocycles. The summed E-state index contributed by atoms with van der Waals surface area (Å²) in [6.07, 6.45) is -0.661. The maximum Gasteiger partial charge on any atom is 0.259 e. The fourth-order valence-corrected chi connectivity index (χ4v) is 2.53. The number of rotatable bonds is 4. The predicted molar refractivity (Wildman–Crippen MR) is 84.4 cm³/mol. The molecule has 1 aromatic rings. The summed E-state index contributed by atoms with van der Waals surface area (Å²) in [5.41, 5.74) is 0.0850. The summed E-state index contributed by atoms with van der Waals surface area (Å²) in [7, 11) is 0. The molecular weight excluding hydrogens is 283 g/mol. The molecule has 0 spiro atoms. The van der Waals surface area contributed by atoms with Crippen LogP contribution < -0.4 is 10.6 Å². The van der Waals surface area contributed by atoms with Gasteiger partial charge in [0, 0.05) is 19.5 Å². The van der Waals surface area contributed by atoms with Crippen LogP contribution in [0, 0.1) is 0 Å². The van der Waals surface area contributed by atoms with Crippen molar-refractivity contribution in [2.75, 3.05) is 19.6 Å². The third-order valence-electron chi connectivity index (χ3n) is 4.13. The standard InChI is InChI=1S/C17H25FN2O2/c1-16(2,3)13-6-4-12(5-7-13)14(21)10-20-15(22)17(18)8-9-19-11-17/h4-7,14,19,21H,8-11H2,1-3H3,(H,20,22). The van der Waals surface area contributed by atoms with Gasteiger partial charge in [-0.15, -0.1) is 0 Å². The number of halogens is 1. The number of benzene rings is 1. The fraction of sp³-hybridized carbons (Fsp3) is 0.588. The number of aliphatic hydroxyl groups is 1. The van der Waals surface area contributed by atoms with Gasteiger partial charge in [-0.05, 0) is 23.1 Å². The molecular formula is C17H25FN2O2. The summed E-state index contributed by atoms with van der Waals surface area (Å²) in [5, 5.41) is 15.5. The van der Waals surface area contributed by atoms with Gasteiger partial charge in [0.15, 0.2) is 0 Å². The third kappa shape index (κ3) is 3.84. The van der Waals surface area contributed by atoms with E-state index in [9.17, 15) is 14.3 Å². The van der Waals surface area contributed by atoms with Crippen LogP contribution in [0.1, 0.15) is 44.4 Å². The second-order valence-electron chi connectivity index (χ2n) is 6.99. The van der Waals surface area contributed by atoms with Crippen LogP contribution in [0.3, 0.4) is 0 Å². The number of aliphatic hydroxyl groups excluding tert-OH is 1. The molecule has 1 saturated heterocycles. The van der Waals surface area contributed by atoms with Crippen LogP contribution in [0.4, 0.5) is 4.39 Å². The van der Waals surface area contributed by atoms with Crippen molar-refractivity contribution in [1.82, 2.24) is 10.6 Å². The Morgan fingerprint density at radius 3 is 2.55 bits per heavy atom. The second kappa shape index (κ2) is 6.34. The summed E-state index contributed by atoms with van der Waals surface area (Å²) >= 11 is 0. The first-order valence-corrected chi connectivity index (χ1v) is 7.69. The molecule has 2 rings (SSSR count). The van der Waals surface area contributed by atoms with Gasteiger partial charge in [-0.25, -0.2) is 4.39 Å². The SMILES string of the molecule is CC(C)(C)c1ccc(C(O)CNC(=O)C2(F)CCNC2)cc1. The van der Waals surface area contributed by atoms with Crippen LogP contribution in [0.25, 0.3) is 0 Å². The van der Waals surface area contributed by atoms with Crippen molar-refractivity contribution in [3.8, 4) is 0 Å². The number of nitrogens with one attached hydrogen (secondary N) is 2. The Hall–Kier alpha value is -1.46. The molecule has 1 aliphatic rings. The van der Waals surface area contributed by atoms with E-state index in [4.69, 9.17) is 0 Å². The molecule has 1 aliphatic heterocycles. The molecule has 3 N–H and O–H groups in total. The molecule has 2 unspecified atom stereocenters. The lowest BCUT2D eigenvalue weighted by Gasteiger charge is -2.21. The molecule has 2 atom stereocenters. The van der Waals surface area contributed by atoms with Gasteiger partial charge in [-0.1, -0.05) is 45.0 Å². The highest BCUT2D eigenvalue weighted by Gasteiger charge is 2.41. The van der Waals surface area contributed by atoms with E-state index in [1.807, 2.05) is 24.3 Å². The van der Waals surface area contributed by atoms with Crippen molar-refractivity contribution >= 4 is 5.91 Å². The third-order valence-corrected chi connectivity index (χ3v) is 4.13. The molecule has 0 saturated carbocycles. The summed E-state index contributed by atoms with van der Waals surface area (Å²) in [4.78, 5) is 11.9. The minimum Gasteiger partial charge on any atom is -0.387 e. The molecule has 0 radical (unpaired) electrons. The highest BCUT2D eigenvalue weighted by atomic mass is 19.1. The van der Waals surface area contributed by atoms with Gasteiger partial charge in [0.1, 0.15) is 0 Å². The Morgan fingerprint density at radius 1 is 1.41 bits per heavy atom. The maximum absolute atomic E-state index is 14.2. The van der Waals surface area contributed by atoms with Gasteiger partial charge in [-0.3, -0.25) is 4.79 Å². The lowest BCUT2D eigenvalue weighted by Crippen LogP contribution is -2.46. The molecule has 1 fully saturated rings. The van der Waals surface area contributed by atoms with Crippen LogP contribution in [-0.4, -0.2) is 36.3 Å². The van der Waals surface area contributed by atoms with Gasteiger partial charge >= 0.3 is 0 Å².